The molecule has 0 amide bonds. The van der Waals surface area contributed by atoms with E-state index in [9.17, 15) is 15.8 Å². The Hall–Kier alpha value is -17.0. The number of aromatic nitrogens is 9. The van der Waals surface area contributed by atoms with Crippen molar-refractivity contribution in [3.8, 4) is 86.1 Å². The second-order valence-corrected chi connectivity index (χ2v) is 41.9. The average molecular weight is 1810 g/mol. The normalized spacial score (nSPS) is 12.4. The van der Waals surface area contributed by atoms with Gasteiger partial charge in [-0.2, -0.15) is 15.8 Å². The predicted molar refractivity (Wildman–Crippen MR) is 579 cm³/mol. The molecule has 0 spiro atoms. The molecule has 140 heavy (non-hydrogen) atoms. The van der Waals surface area contributed by atoms with Crippen LogP contribution in [-0.2, 0) is 28.1 Å². The van der Waals surface area contributed by atoms with Gasteiger partial charge in [0.05, 0.1) is 137 Å². The smallest absolute Gasteiger partial charge is 0.138 e. The predicted octanol–water partition coefficient (Wildman–Crippen LogP) is 32.2. The van der Waals surface area contributed by atoms with Gasteiger partial charge < -0.3 is 13.7 Å². The molecular weight excluding hydrogens is 1710 g/mol. The Morgan fingerprint density at radius 2 is 0.564 bits per heavy atom. The number of benzene rings is 15. The standard InChI is InChI=1S/C128H102N12/c1-77-39-47-111-99(55-77)100-56-78(2)40-48-112(100)136(111)120-75-133-123(68-97(120)85-29-23-26-82(60-85)72-130)139-114-49-41-79(3)57-101(114)102-62-80(42-50-115(102)139)58-87-63-103-92-32-15-19-36-108(92)137(118(103)70-106(87)126(7,8)9)121-76-134-124(69-98(121)86-30-24-27-83(61-86)73-131)140-109-37-20-14-31-91(109)95-46-43-90(66-117(95)140)128(12,13)54-53-127(10,11)89-45-52-113-105(65-89)93-33-16-18-35-107(93)135(113)119-74-132-122(67-96(119)84-28-22-25-81(59-84)71-129)138-110-38-21-17-34-94(110)104-64-88(125(4,5)6)44-51-116(104)138/h14-52,55-57,59-70,74-76H,53-54,58H2,1-13H3. The van der Waals surface area contributed by atoms with Crippen LogP contribution in [0, 0.1) is 54.8 Å². The lowest BCUT2D eigenvalue weighted by molar-refractivity contribution is 0.375. The number of aryl methyl sites for hydroxylation is 3. The van der Waals surface area contributed by atoms with E-state index in [0.717, 1.165) is 185 Å². The van der Waals surface area contributed by atoms with Crippen LogP contribution in [0.25, 0.3) is 199 Å². The Morgan fingerprint density at radius 3 is 0.986 bits per heavy atom. The molecule has 0 bridgehead atoms. The fourth-order valence-electron chi connectivity index (χ4n) is 22.5. The van der Waals surface area contributed by atoms with Crippen molar-refractivity contribution in [3.63, 3.8) is 0 Å². The third-order valence-electron chi connectivity index (χ3n) is 29.9. The highest BCUT2D eigenvalue weighted by Gasteiger charge is 2.33. The molecule has 0 saturated carbocycles. The Morgan fingerprint density at radius 1 is 0.250 bits per heavy atom. The summed E-state index contributed by atoms with van der Waals surface area (Å²) in [5, 5.41) is 45.4. The van der Waals surface area contributed by atoms with E-state index in [0.29, 0.717) is 23.1 Å². The van der Waals surface area contributed by atoms with Gasteiger partial charge >= 0.3 is 0 Å². The molecule has 9 heterocycles. The van der Waals surface area contributed by atoms with Gasteiger partial charge in [0.15, 0.2) is 0 Å². The summed E-state index contributed by atoms with van der Waals surface area (Å²) in [7, 11) is 0. The Balaban J connectivity index is 0.577. The van der Waals surface area contributed by atoms with Crippen LogP contribution in [-0.4, -0.2) is 42.4 Å². The Bertz CT molecular complexity index is 9480. The average Bonchev–Trinajstić information content (AvgIpc) is 1.57. The van der Waals surface area contributed by atoms with E-state index in [4.69, 9.17) is 15.0 Å². The van der Waals surface area contributed by atoms with Gasteiger partial charge in [-0.25, -0.2) is 15.0 Å². The van der Waals surface area contributed by atoms with Crippen LogP contribution >= 0.6 is 0 Å². The van der Waals surface area contributed by atoms with Crippen molar-refractivity contribution in [1.29, 1.82) is 15.8 Å². The number of rotatable bonds is 16. The van der Waals surface area contributed by atoms with Crippen LogP contribution in [0.4, 0.5) is 0 Å². The van der Waals surface area contributed by atoms with Gasteiger partial charge in [0.1, 0.15) is 17.5 Å². The maximum Gasteiger partial charge on any atom is 0.138 e. The zero-order valence-electron chi connectivity index (χ0n) is 80.9. The largest absolute Gasteiger partial charge is 0.307 e. The number of hydrogen-bond acceptors (Lipinski definition) is 6. The highest BCUT2D eigenvalue weighted by molar-refractivity contribution is 6.16. The fraction of sp³-hybridized carbons (Fsp3) is 0.156. The van der Waals surface area contributed by atoms with Gasteiger partial charge in [-0.3, -0.25) is 13.7 Å². The topological polar surface area (TPSA) is 140 Å². The zero-order chi connectivity index (χ0) is 95.8. The summed E-state index contributed by atoms with van der Waals surface area (Å²) in [5.74, 6) is 2.35. The first-order valence-corrected chi connectivity index (χ1v) is 48.5. The number of para-hydroxylation sites is 4. The number of nitriles is 3. The molecule has 24 rings (SSSR count). The first-order chi connectivity index (χ1) is 67.7. The first-order valence-electron chi connectivity index (χ1n) is 48.5. The van der Waals surface area contributed by atoms with Crippen molar-refractivity contribution >= 4 is 131 Å². The molecule has 0 unspecified atom stereocenters. The maximum absolute atomic E-state index is 10.7. The molecule has 24 aromatic rings. The molecule has 0 aliphatic rings. The number of nitrogens with zero attached hydrogens (tertiary/aromatic N) is 12. The van der Waals surface area contributed by atoms with Gasteiger partial charge in [-0.1, -0.05) is 244 Å². The van der Waals surface area contributed by atoms with Crippen molar-refractivity contribution in [1.82, 2.24) is 42.4 Å². The van der Waals surface area contributed by atoms with Crippen molar-refractivity contribution in [3.05, 3.63) is 413 Å². The molecule has 12 heteroatoms. The minimum Gasteiger partial charge on any atom is -0.307 e. The van der Waals surface area contributed by atoms with E-state index in [2.05, 4.69) is 415 Å². The van der Waals surface area contributed by atoms with Crippen LogP contribution in [0.5, 0.6) is 0 Å². The molecule has 15 aromatic carbocycles. The molecule has 0 aliphatic carbocycles. The monoisotopic (exact) mass is 1810 g/mol. The molecule has 12 nitrogen and oxygen atoms in total. The van der Waals surface area contributed by atoms with Crippen molar-refractivity contribution < 1.29 is 0 Å². The molecule has 0 atom stereocenters. The van der Waals surface area contributed by atoms with Gasteiger partial charge in [0, 0.05) is 81.3 Å². The molecular formula is C128H102N12. The summed E-state index contributed by atoms with van der Waals surface area (Å²) in [6, 6.07) is 126. The van der Waals surface area contributed by atoms with Gasteiger partial charge in [-0.15, -0.1) is 0 Å². The molecule has 0 aliphatic heterocycles. The van der Waals surface area contributed by atoms with Gasteiger partial charge in [-0.05, 0) is 282 Å². The van der Waals surface area contributed by atoms with Crippen LogP contribution in [0.3, 0.4) is 0 Å². The third kappa shape index (κ3) is 14.1. The molecule has 0 radical (unpaired) electrons. The zero-order valence-corrected chi connectivity index (χ0v) is 80.9. The second-order valence-electron chi connectivity index (χ2n) is 41.9. The quantitative estimate of drug-likeness (QED) is 0.0944. The lowest BCUT2D eigenvalue weighted by Gasteiger charge is -2.32. The van der Waals surface area contributed by atoms with Crippen molar-refractivity contribution in [2.75, 3.05) is 0 Å². The molecule has 0 fully saturated rings. The summed E-state index contributed by atoms with van der Waals surface area (Å²) in [6.07, 6.45) is 8.62. The molecule has 9 aromatic heterocycles. The lowest BCUT2D eigenvalue weighted by atomic mass is 9.72. The maximum atomic E-state index is 10.7. The van der Waals surface area contributed by atoms with Crippen molar-refractivity contribution in [2.24, 2.45) is 0 Å². The van der Waals surface area contributed by atoms with E-state index >= 15 is 0 Å². The lowest BCUT2D eigenvalue weighted by Crippen LogP contribution is -2.24. The van der Waals surface area contributed by atoms with E-state index in [-0.39, 0.29) is 21.7 Å². The first kappa shape index (κ1) is 85.9. The highest BCUT2D eigenvalue weighted by Crippen LogP contribution is 2.49. The molecule has 0 saturated heterocycles. The molecule has 0 N–H and O–H groups in total. The highest BCUT2D eigenvalue weighted by atomic mass is 15.1. The summed E-state index contributed by atoms with van der Waals surface area (Å²) < 4.78 is 14.1. The van der Waals surface area contributed by atoms with Gasteiger partial charge in [0.25, 0.3) is 0 Å². The number of fused-ring (bicyclic) bond motifs is 18. The minimum absolute atomic E-state index is 0.0310. The summed E-state index contributed by atoms with van der Waals surface area (Å²) in [5.41, 5.74) is 33.2. The SMILES string of the molecule is Cc1ccc2c(c1)c1cc(Cc3cc4c5ccccc5n(-c5cnc(-n6c7ccccc7c7ccc(C(C)(C)CCC(C)(C)c8ccc9c(c8)c8ccccc8n9-c8cnc(-n9c%10ccccc%10c%10cc(C(C)(C)C)ccc%109)cc8-c8cccc(C#N)c8)cc76)cc5-c5cccc(C#N)c5)c4cc3C(C)(C)C)ccc1n2-c1cc(-c2cccc(C#N)c2)c(-n2c3ccc(C)cc3c3cc(C)ccc32)cn1. The summed E-state index contributed by atoms with van der Waals surface area (Å²) in [4.78, 5) is 16.6. The van der Waals surface area contributed by atoms with Gasteiger partial charge in [0.2, 0.25) is 0 Å². The number of pyridine rings is 3. The third-order valence-corrected chi connectivity index (χ3v) is 29.9. The van der Waals surface area contributed by atoms with Crippen LogP contribution in [0.2, 0.25) is 0 Å². The van der Waals surface area contributed by atoms with Crippen LogP contribution in [0.1, 0.15) is 149 Å². The van der Waals surface area contributed by atoms with Crippen LogP contribution in [0.15, 0.2) is 346 Å². The fourth-order valence-corrected chi connectivity index (χ4v) is 22.5. The van der Waals surface area contributed by atoms with E-state index in [1.165, 1.54) is 77.0 Å². The molecule has 674 valence electrons. The van der Waals surface area contributed by atoms with E-state index in [1.54, 1.807) is 0 Å². The number of hydrogen-bond donors (Lipinski definition) is 0. The Labute approximate surface area is 813 Å². The van der Waals surface area contributed by atoms with E-state index < -0.39 is 0 Å². The minimum atomic E-state index is -0.293. The van der Waals surface area contributed by atoms with Crippen molar-refractivity contribution in [2.45, 2.75) is 131 Å². The second kappa shape index (κ2) is 32.4. The van der Waals surface area contributed by atoms with Crippen LogP contribution < -0.4 is 0 Å². The van der Waals surface area contributed by atoms with E-state index in [1.807, 2.05) is 67.0 Å². The summed E-state index contributed by atoms with van der Waals surface area (Å²) in [6.45, 7) is 29.9. The Kier molecular flexibility index (Phi) is 19.9. The summed E-state index contributed by atoms with van der Waals surface area (Å²) >= 11 is 0.